The van der Waals surface area contributed by atoms with Gasteiger partial charge < -0.3 is 24.6 Å². The number of anilines is 1. The maximum Gasteiger partial charge on any atom is 0.341 e. The van der Waals surface area contributed by atoms with Crippen molar-refractivity contribution in [2.75, 3.05) is 19.0 Å². The predicted molar refractivity (Wildman–Crippen MR) is 148 cm³/mol. The number of carbonyl (C=O) groups is 3. The number of aryl methyl sites for hydroxylation is 1. The first-order chi connectivity index (χ1) is 18.6. The molecule has 0 radical (unpaired) electrons. The number of aromatic carboxylic acids is 1. The topological polar surface area (TPSA) is 135 Å². The largest absolute Gasteiger partial charge is 0.493 e. The molecule has 0 unspecified atom stereocenters. The minimum Gasteiger partial charge on any atom is -0.493 e. The van der Waals surface area contributed by atoms with Crippen LogP contribution in [-0.2, 0) is 16.1 Å². The van der Waals surface area contributed by atoms with Crippen LogP contribution in [0.3, 0.4) is 0 Å². The molecule has 0 fully saturated rings. The van der Waals surface area contributed by atoms with Gasteiger partial charge in [0.25, 0.3) is 5.91 Å². The van der Waals surface area contributed by atoms with Crippen molar-refractivity contribution in [2.24, 2.45) is 0 Å². The van der Waals surface area contributed by atoms with Crippen molar-refractivity contribution >= 4 is 51.9 Å². The molecule has 0 aliphatic heterocycles. The molecule has 1 heterocycles. The maximum atomic E-state index is 13.0. The summed E-state index contributed by atoms with van der Waals surface area (Å²) in [6.45, 7) is 5.48. The van der Waals surface area contributed by atoms with Crippen LogP contribution < -0.4 is 14.8 Å². The summed E-state index contributed by atoms with van der Waals surface area (Å²) in [4.78, 5) is 37.4. The summed E-state index contributed by atoms with van der Waals surface area (Å²) in [5, 5.41) is 22.0. The Morgan fingerprint density at radius 2 is 1.95 bits per heavy atom. The fourth-order valence-electron chi connectivity index (χ4n) is 3.56. The molecule has 2 aromatic carbocycles. The van der Waals surface area contributed by atoms with Crippen LogP contribution in [0.1, 0.15) is 49.2 Å². The quantitative estimate of drug-likeness (QED) is 0.172. The van der Waals surface area contributed by atoms with E-state index in [0.29, 0.717) is 21.7 Å². The molecule has 0 aliphatic carbocycles. The number of nitrogens with zero attached hydrogens (tertiary/aromatic N) is 1. The molecule has 0 bridgehead atoms. The van der Waals surface area contributed by atoms with Gasteiger partial charge in [0.2, 0.25) is 0 Å². The minimum absolute atomic E-state index is 0.0285. The number of amides is 1. The SMILES string of the molecule is CCOC(=O)c1c(NC(=O)/C(C#N)=C/c2cc(Cl)c(OCc3cccc(C(=O)O)c3)c(OC)c2)sc(C)c1C. The number of hydrogen-bond acceptors (Lipinski definition) is 8. The van der Waals surface area contributed by atoms with Crippen LogP contribution in [0.2, 0.25) is 5.02 Å². The third kappa shape index (κ3) is 6.96. The predicted octanol–water partition coefficient (Wildman–Crippen LogP) is 6.03. The Morgan fingerprint density at radius 1 is 1.21 bits per heavy atom. The zero-order chi connectivity index (χ0) is 28.7. The first-order valence-electron chi connectivity index (χ1n) is 11.6. The Labute approximate surface area is 234 Å². The highest BCUT2D eigenvalue weighted by atomic mass is 35.5. The summed E-state index contributed by atoms with van der Waals surface area (Å²) < 4.78 is 16.3. The lowest BCUT2D eigenvalue weighted by Gasteiger charge is -2.14. The fourth-order valence-corrected chi connectivity index (χ4v) is 4.88. The molecule has 0 spiro atoms. The van der Waals surface area contributed by atoms with Crippen LogP contribution in [0.4, 0.5) is 5.00 Å². The average Bonchev–Trinajstić information content (AvgIpc) is 3.18. The molecule has 2 N–H and O–H groups in total. The number of carbonyl (C=O) groups excluding carboxylic acids is 2. The molecule has 0 saturated carbocycles. The molecule has 11 heteroatoms. The molecule has 39 heavy (non-hydrogen) atoms. The van der Waals surface area contributed by atoms with Crippen LogP contribution in [-0.4, -0.2) is 36.7 Å². The van der Waals surface area contributed by atoms with E-state index in [9.17, 15) is 24.8 Å². The molecule has 0 atom stereocenters. The lowest BCUT2D eigenvalue weighted by atomic mass is 10.1. The summed E-state index contributed by atoms with van der Waals surface area (Å²) in [5.41, 5.74) is 1.85. The van der Waals surface area contributed by atoms with Crippen molar-refractivity contribution < 1.29 is 33.7 Å². The van der Waals surface area contributed by atoms with Gasteiger partial charge in [-0.2, -0.15) is 5.26 Å². The van der Waals surface area contributed by atoms with Crippen molar-refractivity contribution in [2.45, 2.75) is 27.4 Å². The molecule has 1 amide bonds. The maximum absolute atomic E-state index is 13.0. The standard InChI is InChI=1S/C28H25ClN2O7S/c1-5-37-28(35)23-15(2)16(3)39-26(23)31-25(32)20(13-30)10-18-11-21(29)24(22(12-18)36-4)38-14-17-7-6-8-19(9-17)27(33)34/h6-12H,5,14H2,1-4H3,(H,31,32)(H,33,34)/b20-10+. The van der Waals surface area contributed by atoms with Gasteiger partial charge in [0.1, 0.15) is 23.3 Å². The third-order valence-electron chi connectivity index (χ3n) is 5.58. The van der Waals surface area contributed by atoms with Crippen LogP contribution in [0.5, 0.6) is 11.5 Å². The monoisotopic (exact) mass is 568 g/mol. The van der Waals surface area contributed by atoms with E-state index in [1.54, 1.807) is 32.0 Å². The summed E-state index contributed by atoms with van der Waals surface area (Å²) in [7, 11) is 1.41. The van der Waals surface area contributed by atoms with E-state index in [-0.39, 0.29) is 46.4 Å². The Morgan fingerprint density at radius 3 is 2.59 bits per heavy atom. The van der Waals surface area contributed by atoms with Gasteiger partial charge in [-0.1, -0.05) is 23.7 Å². The molecule has 3 aromatic rings. The first-order valence-corrected chi connectivity index (χ1v) is 12.8. The number of esters is 1. The Kier molecular flexibility index (Phi) is 9.71. The van der Waals surface area contributed by atoms with Crippen LogP contribution in [0.25, 0.3) is 6.08 Å². The van der Waals surface area contributed by atoms with Gasteiger partial charge in [-0.05, 0) is 67.8 Å². The molecular formula is C28H25ClN2O7S. The second-order valence-electron chi connectivity index (χ2n) is 8.16. The van der Waals surface area contributed by atoms with E-state index in [2.05, 4.69) is 5.32 Å². The zero-order valence-corrected chi connectivity index (χ0v) is 23.2. The van der Waals surface area contributed by atoms with E-state index in [1.807, 2.05) is 13.0 Å². The number of carboxylic acids is 1. The molecule has 9 nitrogen and oxygen atoms in total. The number of benzene rings is 2. The smallest absolute Gasteiger partial charge is 0.341 e. The second-order valence-corrected chi connectivity index (χ2v) is 9.79. The summed E-state index contributed by atoms with van der Waals surface area (Å²) in [6.07, 6.45) is 1.33. The first kappa shape index (κ1) is 29.2. The van der Waals surface area contributed by atoms with E-state index in [1.165, 1.54) is 42.7 Å². The van der Waals surface area contributed by atoms with Crippen molar-refractivity contribution in [1.82, 2.24) is 0 Å². The summed E-state index contributed by atoms with van der Waals surface area (Å²) >= 11 is 7.66. The van der Waals surface area contributed by atoms with Crippen molar-refractivity contribution in [1.29, 1.82) is 5.26 Å². The Hall–Kier alpha value is -4.33. The molecular weight excluding hydrogens is 544 g/mol. The van der Waals surface area contributed by atoms with Gasteiger partial charge in [0, 0.05) is 4.88 Å². The van der Waals surface area contributed by atoms with Gasteiger partial charge in [0.05, 0.1) is 29.9 Å². The summed E-state index contributed by atoms with van der Waals surface area (Å²) in [6, 6.07) is 11.2. The molecule has 0 saturated heterocycles. The number of ether oxygens (including phenoxy) is 3. The van der Waals surface area contributed by atoms with E-state index in [0.717, 1.165) is 4.88 Å². The number of carboxylic acid groups (broad SMARTS) is 1. The lowest BCUT2D eigenvalue weighted by Crippen LogP contribution is -2.16. The number of rotatable bonds is 10. The van der Waals surface area contributed by atoms with Crippen LogP contribution in [0.15, 0.2) is 42.0 Å². The number of thiophene rings is 1. The van der Waals surface area contributed by atoms with E-state index >= 15 is 0 Å². The summed E-state index contributed by atoms with van der Waals surface area (Å²) in [5.74, 6) is -1.86. The molecule has 1 aromatic heterocycles. The molecule has 0 aliphatic rings. The minimum atomic E-state index is -1.05. The average molecular weight is 569 g/mol. The van der Waals surface area contributed by atoms with Crippen LogP contribution in [0, 0.1) is 25.2 Å². The zero-order valence-electron chi connectivity index (χ0n) is 21.6. The van der Waals surface area contributed by atoms with Crippen molar-refractivity contribution in [3.63, 3.8) is 0 Å². The lowest BCUT2D eigenvalue weighted by molar-refractivity contribution is -0.112. The highest BCUT2D eigenvalue weighted by molar-refractivity contribution is 7.16. The van der Waals surface area contributed by atoms with Gasteiger partial charge in [-0.25, -0.2) is 9.59 Å². The number of nitriles is 1. The van der Waals surface area contributed by atoms with Crippen molar-refractivity contribution in [3.05, 3.63) is 79.7 Å². The molecule has 202 valence electrons. The highest BCUT2D eigenvalue weighted by Crippen LogP contribution is 2.38. The van der Waals surface area contributed by atoms with E-state index < -0.39 is 17.8 Å². The Balaban J connectivity index is 1.85. The number of methoxy groups -OCH3 is 1. The number of hydrogen-bond donors (Lipinski definition) is 2. The van der Waals surface area contributed by atoms with Crippen molar-refractivity contribution in [3.8, 4) is 17.6 Å². The van der Waals surface area contributed by atoms with E-state index in [4.69, 9.17) is 25.8 Å². The second kappa shape index (κ2) is 13.0. The Bertz CT molecular complexity index is 1500. The van der Waals surface area contributed by atoms with Gasteiger partial charge in [-0.3, -0.25) is 4.79 Å². The normalized spacial score (nSPS) is 10.9. The number of halogens is 1. The fraction of sp³-hybridized carbons (Fsp3) is 0.214. The third-order valence-corrected chi connectivity index (χ3v) is 6.98. The van der Waals surface area contributed by atoms with Gasteiger partial charge >= 0.3 is 11.9 Å². The molecule has 3 rings (SSSR count). The van der Waals surface area contributed by atoms with Crippen LogP contribution >= 0.6 is 22.9 Å². The van der Waals surface area contributed by atoms with Gasteiger partial charge in [-0.15, -0.1) is 11.3 Å². The highest BCUT2D eigenvalue weighted by Gasteiger charge is 2.23. The number of nitrogens with one attached hydrogen (secondary N) is 1. The van der Waals surface area contributed by atoms with Gasteiger partial charge in [0.15, 0.2) is 11.5 Å².